The molecule has 0 radical (unpaired) electrons. The number of likely N-dealkylation sites (tertiary alicyclic amines) is 2. The Hall–Kier alpha value is -2.78. The van der Waals surface area contributed by atoms with E-state index in [-0.39, 0.29) is 29.7 Å². The largest absolute Gasteiger partial charge is 0.355 e. The Kier molecular flexibility index (Phi) is 5.23. The third-order valence-electron chi connectivity index (χ3n) is 6.47. The van der Waals surface area contributed by atoms with Gasteiger partial charge >= 0.3 is 0 Å². The molecule has 4 aliphatic heterocycles. The molecule has 0 bridgehead atoms. The number of hydrogen-bond donors (Lipinski definition) is 2. The third-order valence-corrected chi connectivity index (χ3v) is 6.47. The van der Waals surface area contributed by atoms with Gasteiger partial charge < -0.3 is 15.5 Å². The maximum atomic E-state index is 14.2. The van der Waals surface area contributed by atoms with Crippen LogP contribution in [-0.2, 0) is 0 Å². The van der Waals surface area contributed by atoms with E-state index in [0.717, 1.165) is 56.0 Å². The fourth-order valence-electron chi connectivity index (χ4n) is 4.91. The normalized spacial score (nSPS) is 28.3. The Bertz CT molecular complexity index is 974. The summed E-state index contributed by atoms with van der Waals surface area (Å²) in [6, 6.07) is 2.78. The number of rotatable bonds is 2. The van der Waals surface area contributed by atoms with Crippen LogP contribution in [0.15, 0.2) is 47.0 Å². The number of hydrazine groups is 1. The predicted octanol–water partition coefficient (Wildman–Crippen LogP) is 1.59. The molecule has 0 aromatic carbocycles. The molecule has 164 valence electrons. The summed E-state index contributed by atoms with van der Waals surface area (Å²) in [5, 5.41) is 1.93. The highest BCUT2D eigenvalue weighted by molar-refractivity contribution is 5.99. The van der Waals surface area contributed by atoms with Crippen molar-refractivity contribution in [3.8, 4) is 0 Å². The monoisotopic (exact) mass is 425 g/mol. The lowest BCUT2D eigenvalue weighted by molar-refractivity contribution is 0.0550. The number of aliphatic imine (C=N–C) groups is 1. The van der Waals surface area contributed by atoms with E-state index in [1.165, 1.54) is 18.3 Å². The summed E-state index contributed by atoms with van der Waals surface area (Å²) in [5.74, 6) is 0.858. The first-order valence-electron chi connectivity index (χ1n) is 11.0. The molecule has 1 aromatic rings. The van der Waals surface area contributed by atoms with Gasteiger partial charge in [0.25, 0.3) is 5.91 Å². The summed E-state index contributed by atoms with van der Waals surface area (Å²) >= 11 is 0. The number of halogens is 1. The van der Waals surface area contributed by atoms with E-state index in [0.29, 0.717) is 6.54 Å². The van der Waals surface area contributed by atoms with Crippen molar-refractivity contribution in [3.63, 3.8) is 0 Å². The maximum Gasteiger partial charge on any atom is 0.275 e. The van der Waals surface area contributed by atoms with Gasteiger partial charge in [-0.3, -0.25) is 9.80 Å². The molecule has 0 saturated carbocycles. The lowest BCUT2D eigenvalue weighted by atomic mass is 9.95. The summed E-state index contributed by atoms with van der Waals surface area (Å²) in [6.07, 6.45) is 9.32. The number of nitrogens with two attached hydrogens (primary N) is 1. The highest BCUT2D eigenvalue weighted by Gasteiger charge is 2.39. The van der Waals surface area contributed by atoms with Crippen molar-refractivity contribution in [1.29, 1.82) is 0 Å². The molecular formula is C22H28FN7O. The zero-order valence-corrected chi connectivity index (χ0v) is 17.7. The minimum absolute atomic E-state index is 0.0895. The molecule has 31 heavy (non-hydrogen) atoms. The molecule has 5 heterocycles. The van der Waals surface area contributed by atoms with Crippen LogP contribution < -0.4 is 11.2 Å². The first kappa shape index (κ1) is 20.1. The van der Waals surface area contributed by atoms with Crippen molar-refractivity contribution in [1.82, 2.24) is 25.2 Å². The van der Waals surface area contributed by atoms with Gasteiger partial charge in [-0.15, -0.1) is 0 Å². The van der Waals surface area contributed by atoms with Crippen LogP contribution in [0.25, 0.3) is 0 Å². The average molecular weight is 426 g/mol. The number of nitrogens with one attached hydrogen (secondary N) is 1. The van der Waals surface area contributed by atoms with Gasteiger partial charge in [0.2, 0.25) is 0 Å². The summed E-state index contributed by atoms with van der Waals surface area (Å²) in [4.78, 5) is 26.0. The Morgan fingerprint density at radius 3 is 2.94 bits per heavy atom. The second-order valence-electron chi connectivity index (χ2n) is 8.69. The number of pyridine rings is 1. The van der Waals surface area contributed by atoms with Gasteiger partial charge in [-0.1, -0.05) is 0 Å². The Labute approximate surface area is 181 Å². The van der Waals surface area contributed by atoms with E-state index < -0.39 is 5.82 Å². The third kappa shape index (κ3) is 3.72. The van der Waals surface area contributed by atoms with E-state index in [4.69, 9.17) is 10.7 Å². The highest BCUT2D eigenvalue weighted by Crippen LogP contribution is 2.30. The number of aromatic nitrogens is 1. The Morgan fingerprint density at radius 1 is 1.29 bits per heavy atom. The molecule has 3 atom stereocenters. The minimum Gasteiger partial charge on any atom is -0.355 e. The molecule has 0 spiro atoms. The van der Waals surface area contributed by atoms with Gasteiger partial charge in [0.15, 0.2) is 11.5 Å². The van der Waals surface area contributed by atoms with Crippen molar-refractivity contribution >= 4 is 11.7 Å². The molecule has 3 unspecified atom stereocenters. The molecule has 2 fully saturated rings. The number of fused-ring (bicyclic) bond motifs is 1. The second-order valence-corrected chi connectivity index (χ2v) is 8.69. The second kappa shape index (κ2) is 8.05. The molecule has 1 aromatic heterocycles. The Morgan fingerprint density at radius 2 is 2.16 bits per heavy atom. The number of nitrogens with zero attached hydrogens (tertiary/aromatic N) is 5. The molecule has 2 saturated heterocycles. The highest BCUT2D eigenvalue weighted by atomic mass is 19.1. The van der Waals surface area contributed by atoms with Gasteiger partial charge in [0, 0.05) is 43.6 Å². The van der Waals surface area contributed by atoms with Crippen LogP contribution in [-0.4, -0.2) is 69.3 Å². The standard InChI is InChI=1S/C22H28FN7O/c1-14-12-30-19(26-21(14)28-10-7-15(24)13-28)11-17(27-30)18-6-2-3-9-29(18)22(31)20-16(23)5-4-8-25-20/h4-5,8,11-12,15,17-18,27H,2-3,6-7,9-10,13,24H2,1H3. The maximum absolute atomic E-state index is 14.2. The first-order valence-corrected chi connectivity index (χ1v) is 11.0. The molecule has 4 aliphatic rings. The minimum atomic E-state index is -0.580. The van der Waals surface area contributed by atoms with Crippen LogP contribution in [0.2, 0.25) is 0 Å². The quantitative estimate of drug-likeness (QED) is 0.748. The summed E-state index contributed by atoms with van der Waals surface area (Å²) in [7, 11) is 0. The fraction of sp³-hybridized carbons (Fsp3) is 0.500. The van der Waals surface area contributed by atoms with Crippen LogP contribution in [0, 0.1) is 5.82 Å². The van der Waals surface area contributed by atoms with Crippen LogP contribution in [0.1, 0.15) is 43.1 Å². The van der Waals surface area contributed by atoms with Gasteiger partial charge in [-0.05, 0) is 50.8 Å². The molecule has 1 amide bonds. The summed E-state index contributed by atoms with van der Waals surface area (Å²) in [6.45, 7) is 4.37. The topological polar surface area (TPSA) is 90.1 Å². The zero-order chi connectivity index (χ0) is 21.5. The SMILES string of the molecule is CC1=CN2NC(C3CCCCN3C(=O)c3ncccc3F)C=C2N=C1N1CCC(N)C1. The van der Waals surface area contributed by atoms with Crippen molar-refractivity contribution < 1.29 is 9.18 Å². The number of piperidine rings is 1. The first-order chi connectivity index (χ1) is 15.0. The summed E-state index contributed by atoms with van der Waals surface area (Å²) in [5.41, 5.74) is 10.5. The van der Waals surface area contributed by atoms with Gasteiger partial charge in [-0.25, -0.2) is 19.8 Å². The van der Waals surface area contributed by atoms with Crippen LogP contribution in [0.4, 0.5) is 4.39 Å². The fourth-order valence-corrected chi connectivity index (χ4v) is 4.91. The number of amidine groups is 1. The van der Waals surface area contributed by atoms with Crippen LogP contribution >= 0.6 is 0 Å². The number of amides is 1. The molecular weight excluding hydrogens is 397 g/mol. The van der Waals surface area contributed by atoms with E-state index >= 15 is 0 Å². The van der Waals surface area contributed by atoms with Gasteiger partial charge in [0.05, 0.1) is 12.1 Å². The molecule has 0 aliphatic carbocycles. The predicted molar refractivity (Wildman–Crippen MR) is 115 cm³/mol. The van der Waals surface area contributed by atoms with Crippen molar-refractivity contribution in [2.75, 3.05) is 19.6 Å². The molecule has 5 rings (SSSR count). The number of carbonyl (C=O) groups is 1. The van der Waals surface area contributed by atoms with Crippen LogP contribution in [0.3, 0.4) is 0 Å². The molecule has 9 heteroatoms. The summed E-state index contributed by atoms with van der Waals surface area (Å²) < 4.78 is 14.2. The number of hydrogen-bond acceptors (Lipinski definition) is 7. The van der Waals surface area contributed by atoms with Crippen LogP contribution in [0.5, 0.6) is 0 Å². The number of carbonyl (C=O) groups excluding carboxylic acids is 1. The van der Waals surface area contributed by atoms with E-state index in [2.05, 4.69) is 28.3 Å². The lowest BCUT2D eigenvalue weighted by Gasteiger charge is -2.39. The molecule has 3 N–H and O–H groups in total. The van der Waals surface area contributed by atoms with Crippen molar-refractivity contribution in [2.45, 2.75) is 50.7 Å². The molecule has 8 nitrogen and oxygen atoms in total. The smallest absolute Gasteiger partial charge is 0.275 e. The zero-order valence-electron chi connectivity index (χ0n) is 17.7. The van der Waals surface area contributed by atoms with E-state index in [1.54, 1.807) is 4.90 Å². The van der Waals surface area contributed by atoms with Gasteiger partial charge in [-0.2, -0.15) is 0 Å². The van der Waals surface area contributed by atoms with E-state index in [9.17, 15) is 9.18 Å². The van der Waals surface area contributed by atoms with E-state index in [1.807, 2.05) is 11.2 Å². The Balaban J connectivity index is 1.39. The average Bonchev–Trinajstić information content (AvgIpc) is 3.38. The van der Waals surface area contributed by atoms with Gasteiger partial charge in [0.1, 0.15) is 11.7 Å². The van der Waals surface area contributed by atoms with Crippen molar-refractivity contribution in [2.24, 2.45) is 10.7 Å². The van der Waals surface area contributed by atoms with Crippen molar-refractivity contribution in [3.05, 3.63) is 53.5 Å². The lowest BCUT2D eigenvalue weighted by Crippen LogP contribution is -2.54.